The molecule has 0 aliphatic carbocycles. The summed E-state index contributed by atoms with van der Waals surface area (Å²) in [5.41, 5.74) is 11.7. The second kappa shape index (κ2) is 11.0. The number of hydrogen-bond acceptors (Lipinski definition) is 7. The molecule has 1 amide bonds. The number of pyridine rings is 1. The number of ether oxygens (including phenoxy) is 1. The summed E-state index contributed by atoms with van der Waals surface area (Å²) in [4.78, 5) is 18.4. The number of nitrogens with zero attached hydrogens (tertiary/aromatic N) is 3. The summed E-state index contributed by atoms with van der Waals surface area (Å²) in [6, 6.07) is 11.0. The number of fused-ring (bicyclic) bond motifs is 1. The molecule has 180 valence electrons. The first kappa shape index (κ1) is 25.0. The van der Waals surface area contributed by atoms with Gasteiger partial charge in [-0.25, -0.2) is 10.00 Å². The molecule has 0 atom stereocenters. The zero-order chi connectivity index (χ0) is 24.7. The van der Waals surface area contributed by atoms with Crippen LogP contribution < -0.4 is 21.3 Å². The summed E-state index contributed by atoms with van der Waals surface area (Å²) in [7, 11) is 0. The minimum Gasteiger partial charge on any atom is -0.494 e. The Kier molecular flexibility index (Phi) is 8.10. The number of nitriles is 1. The van der Waals surface area contributed by atoms with E-state index in [1.807, 2.05) is 33.8 Å². The van der Waals surface area contributed by atoms with Crippen molar-refractivity contribution >= 4 is 17.1 Å². The molecule has 9 nitrogen and oxygen atoms in total. The quantitative estimate of drug-likeness (QED) is 0.293. The number of hydroxylamine groups is 1. The Morgan fingerprint density at radius 2 is 2.00 bits per heavy atom. The largest absolute Gasteiger partial charge is 0.494 e. The first-order valence-electron chi connectivity index (χ1n) is 11.4. The molecule has 0 radical (unpaired) electrons. The monoisotopic (exact) mass is 464 g/mol. The number of aromatic nitrogens is 2. The molecule has 2 heterocycles. The summed E-state index contributed by atoms with van der Waals surface area (Å²) >= 11 is 0. The molecule has 0 spiro atoms. The first-order chi connectivity index (χ1) is 16.3. The van der Waals surface area contributed by atoms with Gasteiger partial charge in [0.2, 0.25) is 0 Å². The molecule has 34 heavy (non-hydrogen) atoms. The van der Waals surface area contributed by atoms with Crippen LogP contribution in [0.4, 0.5) is 5.69 Å². The lowest BCUT2D eigenvalue weighted by Gasteiger charge is -2.27. The maximum atomic E-state index is 12.6. The molecular weight excluding hydrogens is 432 g/mol. The Balaban J connectivity index is 1.80. The van der Waals surface area contributed by atoms with Crippen molar-refractivity contribution in [2.75, 3.05) is 25.0 Å². The van der Waals surface area contributed by atoms with Crippen LogP contribution in [0.25, 0.3) is 5.52 Å². The SMILES string of the molecule is CCOc1ccc(C(=O)NOC(C)(C)Cc2c(C)c(NCCCN)c(C#N)c3ccnn23)cc1. The third-order valence-corrected chi connectivity index (χ3v) is 5.45. The summed E-state index contributed by atoms with van der Waals surface area (Å²) < 4.78 is 7.18. The number of amides is 1. The van der Waals surface area contributed by atoms with Crippen LogP contribution in [0.15, 0.2) is 36.5 Å². The van der Waals surface area contributed by atoms with Crippen molar-refractivity contribution in [3.8, 4) is 11.8 Å². The fraction of sp³-hybridized carbons (Fsp3) is 0.400. The zero-order valence-corrected chi connectivity index (χ0v) is 20.1. The number of nitrogens with two attached hydrogens (primary N) is 1. The van der Waals surface area contributed by atoms with Crippen molar-refractivity contribution in [2.45, 2.75) is 46.1 Å². The van der Waals surface area contributed by atoms with Crippen LogP contribution in [0.3, 0.4) is 0 Å². The molecule has 1 aromatic carbocycles. The van der Waals surface area contributed by atoms with Crippen LogP contribution in [0.5, 0.6) is 5.75 Å². The third-order valence-electron chi connectivity index (χ3n) is 5.45. The van der Waals surface area contributed by atoms with E-state index in [0.29, 0.717) is 48.5 Å². The lowest BCUT2D eigenvalue weighted by molar-refractivity contribution is -0.0705. The van der Waals surface area contributed by atoms with E-state index in [1.54, 1.807) is 35.0 Å². The smallest absolute Gasteiger partial charge is 0.274 e. The van der Waals surface area contributed by atoms with E-state index in [1.165, 1.54) is 0 Å². The van der Waals surface area contributed by atoms with Crippen molar-refractivity contribution in [3.05, 3.63) is 58.9 Å². The number of carbonyl (C=O) groups excluding carboxylic acids is 1. The molecule has 0 fully saturated rings. The predicted molar refractivity (Wildman–Crippen MR) is 131 cm³/mol. The van der Waals surface area contributed by atoms with Gasteiger partial charge in [-0.3, -0.25) is 9.63 Å². The fourth-order valence-electron chi connectivity index (χ4n) is 3.74. The van der Waals surface area contributed by atoms with E-state index in [9.17, 15) is 10.1 Å². The van der Waals surface area contributed by atoms with Crippen LogP contribution in [0.1, 0.15) is 54.4 Å². The Bertz CT molecular complexity index is 1180. The van der Waals surface area contributed by atoms with Crippen molar-refractivity contribution in [2.24, 2.45) is 5.73 Å². The zero-order valence-electron chi connectivity index (χ0n) is 20.1. The van der Waals surface area contributed by atoms with Crippen LogP contribution in [-0.4, -0.2) is 40.8 Å². The van der Waals surface area contributed by atoms with Crippen molar-refractivity contribution in [1.82, 2.24) is 15.1 Å². The minimum absolute atomic E-state index is 0.346. The lowest BCUT2D eigenvalue weighted by Crippen LogP contribution is -2.38. The van der Waals surface area contributed by atoms with Crippen molar-refractivity contribution < 1.29 is 14.4 Å². The Morgan fingerprint density at radius 1 is 1.26 bits per heavy atom. The van der Waals surface area contributed by atoms with Crippen LogP contribution >= 0.6 is 0 Å². The summed E-state index contributed by atoms with van der Waals surface area (Å²) in [6.07, 6.45) is 2.90. The number of carbonyl (C=O) groups is 1. The lowest BCUT2D eigenvalue weighted by atomic mass is 9.97. The van der Waals surface area contributed by atoms with Gasteiger partial charge in [0.15, 0.2) is 0 Å². The summed E-state index contributed by atoms with van der Waals surface area (Å²) in [5, 5.41) is 17.6. The molecule has 0 aliphatic heterocycles. The second-order valence-electron chi connectivity index (χ2n) is 8.56. The van der Waals surface area contributed by atoms with Gasteiger partial charge in [0, 0.05) is 18.5 Å². The topological polar surface area (TPSA) is 127 Å². The van der Waals surface area contributed by atoms with Gasteiger partial charge < -0.3 is 15.8 Å². The van der Waals surface area contributed by atoms with Gasteiger partial charge in [0.25, 0.3) is 5.91 Å². The summed E-state index contributed by atoms with van der Waals surface area (Å²) in [6.45, 7) is 9.42. The number of anilines is 1. The summed E-state index contributed by atoms with van der Waals surface area (Å²) in [5.74, 6) is 0.358. The first-order valence-corrected chi connectivity index (χ1v) is 11.4. The molecule has 0 aliphatic rings. The van der Waals surface area contributed by atoms with Crippen molar-refractivity contribution in [3.63, 3.8) is 0 Å². The predicted octanol–water partition coefficient (Wildman–Crippen LogP) is 3.36. The Labute approximate surface area is 199 Å². The van der Waals surface area contributed by atoms with Crippen LogP contribution in [0.2, 0.25) is 0 Å². The maximum Gasteiger partial charge on any atom is 0.274 e. The highest BCUT2D eigenvalue weighted by atomic mass is 16.7. The number of hydrogen-bond donors (Lipinski definition) is 3. The van der Waals surface area contributed by atoms with Gasteiger partial charge in [-0.1, -0.05) is 0 Å². The van der Waals surface area contributed by atoms with E-state index in [0.717, 1.165) is 23.4 Å². The normalized spacial score (nSPS) is 11.3. The van der Waals surface area contributed by atoms with E-state index < -0.39 is 5.60 Å². The highest BCUT2D eigenvalue weighted by Crippen LogP contribution is 2.30. The number of rotatable bonds is 11. The highest BCUT2D eigenvalue weighted by Gasteiger charge is 2.27. The van der Waals surface area contributed by atoms with Crippen LogP contribution in [-0.2, 0) is 11.3 Å². The number of benzene rings is 1. The van der Waals surface area contributed by atoms with Gasteiger partial charge >= 0.3 is 0 Å². The third kappa shape index (κ3) is 5.65. The van der Waals surface area contributed by atoms with Crippen LogP contribution in [0, 0.1) is 18.3 Å². The van der Waals surface area contributed by atoms with Gasteiger partial charge in [0.05, 0.1) is 35.3 Å². The molecule has 0 bridgehead atoms. The average Bonchev–Trinajstić information content (AvgIpc) is 3.30. The molecule has 9 heteroatoms. The molecule has 2 aromatic heterocycles. The second-order valence-corrected chi connectivity index (χ2v) is 8.56. The fourth-order valence-corrected chi connectivity index (χ4v) is 3.74. The molecule has 0 saturated carbocycles. The average molecular weight is 465 g/mol. The van der Waals surface area contributed by atoms with E-state index >= 15 is 0 Å². The van der Waals surface area contributed by atoms with Gasteiger partial charge in [-0.15, -0.1) is 0 Å². The van der Waals surface area contributed by atoms with Gasteiger partial charge in [-0.2, -0.15) is 10.4 Å². The molecule has 3 aromatic rings. The standard InChI is InChI=1S/C25H32N6O3/c1-5-33-19-9-7-18(8-10-19)24(32)30-34-25(3,4)15-22-17(2)23(28-13-6-12-26)20(16-27)21-11-14-29-31(21)22/h7-11,14,28H,5-6,12-13,15,26H2,1-4H3,(H,30,32). The van der Waals surface area contributed by atoms with E-state index in [-0.39, 0.29) is 5.91 Å². The molecular formula is C25H32N6O3. The van der Waals surface area contributed by atoms with E-state index in [4.69, 9.17) is 15.3 Å². The Hall–Kier alpha value is -3.61. The van der Waals surface area contributed by atoms with Gasteiger partial charge in [0.1, 0.15) is 17.4 Å². The van der Waals surface area contributed by atoms with Gasteiger partial charge in [-0.05, 0) is 76.6 Å². The molecule has 0 unspecified atom stereocenters. The Morgan fingerprint density at radius 3 is 2.65 bits per heavy atom. The molecule has 4 N–H and O–H groups in total. The molecule has 3 rings (SSSR count). The number of nitrogens with one attached hydrogen (secondary N) is 2. The maximum absolute atomic E-state index is 12.6. The van der Waals surface area contributed by atoms with E-state index in [2.05, 4.69) is 22.0 Å². The minimum atomic E-state index is -0.757. The molecule has 0 saturated heterocycles. The van der Waals surface area contributed by atoms with Crippen molar-refractivity contribution in [1.29, 1.82) is 5.26 Å². The highest BCUT2D eigenvalue weighted by molar-refractivity contribution is 5.93.